The van der Waals surface area contributed by atoms with Crippen molar-refractivity contribution in [3.63, 3.8) is 0 Å². The summed E-state index contributed by atoms with van der Waals surface area (Å²) in [5, 5.41) is 3.46. The number of nitrogens with zero attached hydrogens (tertiary/aromatic N) is 2. The standard InChI is InChI=1S/C20H24ClN3O3/c1-23(13-19(25)22-17-5-4-6-18(11-17)27-3)14-20(26)24(2)12-15-7-9-16(21)10-8-15/h4-11H,12-14H2,1-3H3,(H,22,25). The van der Waals surface area contributed by atoms with Crippen LogP contribution in [0.3, 0.4) is 0 Å². The van der Waals surface area contributed by atoms with E-state index in [1.165, 1.54) is 0 Å². The number of amides is 2. The average molecular weight is 390 g/mol. The van der Waals surface area contributed by atoms with E-state index in [0.717, 1.165) is 5.56 Å². The molecule has 2 aromatic rings. The number of halogens is 1. The highest BCUT2D eigenvalue weighted by molar-refractivity contribution is 6.30. The normalized spacial score (nSPS) is 10.6. The number of hydrogen-bond acceptors (Lipinski definition) is 4. The zero-order chi connectivity index (χ0) is 19.8. The van der Waals surface area contributed by atoms with E-state index in [4.69, 9.17) is 16.3 Å². The molecule has 0 unspecified atom stereocenters. The van der Waals surface area contributed by atoms with Crippen molar-refractivity contribution in [3.05, 3.63) is 59.1 Å². The van der Waals surface area contributed by atoms with Crippen molar-refractivity contribution in [2.45, 2.75) is 6.54 Å². The molecule has 0 spiro atoms. The van der Waals surface area contributed by atoms with E-state index in [1.54, 1.807) is 67.4 Å². The van der Waals surface area contributed by atoms with Crippen LogP contribution >= 0.6 is 11.6 Å². The van der Waals surface area contributed by atoms with Crippen molar-refractivity contribution in [1.82, 2.24) is 9.80 Å². The van der Waals surface area contributed by atoms with E-state index in [9.17, 15) is 9.59 Å². The molecule has 0 saturated heterocycles. The molecule has 27 heavy (non-hydrogen) atoms. The van der Waals surface area contributed by atoms with Crippen LogP contribution in [0.15, 0.2) is 48.5 Å². The van der Waals surface area contributed by atoms with Crippen molar-refractivity contribution in [1.29, 1.82) is 0 Å². The number of benzene rings is 2. The first-order chi connectivity index (χ1) is 12.9. The van der Waals surface area contributed by atoms with Gasteiger partial charge in [-0.05, 0) is 36.9 Å². The smallest absolute Gasteiger partial charge is 0.238 e. The summed E-state index contributed by atoms with van der Waals surface area (Å²) in [6.07, 6.45) is 0. The quantitative estimate of drug-likeness (QED) is 0.754. The first-order valence-corrected chi connectivity index (χ1v) is 8.86. The Kier molecular flexibility index (Phi) is 7.64. The van der Waals surface area contributed by atoms with Gasteiger partial charge in [0.1, 0.15) is 5.75 Å². The van der Waals surface area contributed by atoms with Crippen LogP contribution in [0.2, 0.25) is 5.02 Å². The van der Waals surface area contributed by atoms with Crippen LogP contribution in [0.4, 0.5) is 5.69 Å². The second kappa shape index (κ2) is 9.94. The number of anilines is 1. The van der Waals surface area contributed by atoms with E-state index in [-0.39, 0.29) is 24.9 Å². The molecule has 0 aliphatic carbocycles. The van der Waals surface area contributed by atoms with E-state index < -0.39 is 0 Å². The number of ether oxygens (including phenoxy) is 1. The highest BCUT2D eigenvalue weighted by Gasteiger charge is 2.15. The molecule has 2 amide bonds. The molecule has 2 aromatic carbocycles. The summed E-state index contributed by atoms with van der Waals surface area (Å²) in [6.45, 7) is 0.743. The van der Waals surface area contributed by atoms with Gasteiger partial charge in [-0.25, -0.2) is 0 Å². The van der Waals surface area contributed by atoms with Gasteiger partial charge in [-0.2, -0.15) is 0 Å². The molecule has 1 N–H and O–H groups in total. The molecule has 2 rings (SSSR count). The highest BCUT2D eigenvalue weighted by Crippen LogP contribution is 2.16. The van der Waals surface area contributed by atoms with Crippen LogP contribution < -0.4 is 10.1 Å². The maximum absolute atomic E-state index is 12.4. The summed E-state index contributed by atoms with van der Waals surface area (Å²) in [6, 6.07) is 14.5. The van der Waals surface area contributed by atoms with E-state index in [2.05, 4.69) is 5.32 Å². The van der Waals surface area contributed by atoms with Crippen LogP contribution in [-0.2, 0) is 16.1 Å². The molecular weight excluding hydrogens is 366 g/mol. The Morgan fingerprint density at radius 3 is 2.44 bits per heavy atom. The van der Waals surface area contributed by atoms with Crippen LogP contribution in [-0.4, -0.2) is 55.9 Å². The van der Waals surface area contributed by atoms with E-state index in [1.807, 2.05) is 12.1 Å². The number of likely N-dealkylation sites (N-methyl/N-ethyl adjacent to an activating group) is 2. The predicted octanol–water partition coefficient (Wildman–Crippen LogP) is 2.88. The number of methoxy groups -OCH3 is 1. The van der Waals surface area contributed by atoms with Gasteiger partial charge >= 0.3 is 0 Å². The van der Waals surface area contributed by atoms with Crippen LogP contribution in [0, 0.1) is 0 Å². The molecule has 0 bridgehead atoms. The van der Waals surface area contributed by atoms with Crippen molar-refractivity contribution < 1.29 is 14.3 Å². The summed E-state index contributed by atoms with van der Waals surface area (Å²) in [5.41, 5.74) is 1.65. The number of hydrogen-bond donors (Lipinski definition) is 1. The number of nitrogens with one attached hydrogen (secondary N) is 1. The molecule has 144 valence electrons. The summed E-state index contributed by atoms with van der Waals surface area (Å²) in [7, 11) is 5.04. The van der Waals surface area contributed by atoms with Crippen LogP contribution in [0.25, 0.3) is 0 Å². The van der Waals surface area contributed by atoms with Gasteiger partial charge in [-0.1, -0.05) is 29.8 Å². The third-order valence-electron chi connectivity index (χ3n) is 3.93. The SMILES string of the molecule is COc1cccc(NC(=O)CN(C)CC(=O)N(C)Cc2ccc(Cl)cc2)c1. The Hall–Kier alpha value is -2.57. The monoisotopic (exact) mass is 389 g/mol. The van der Waals surface area contributed by atoms with Gasteiger partial charge in [0.15, 0.2) is 0 Å². The number of rotatable bonds is 8. The molecule has 6 nitrogen and oxygen atoms in total. The van der Waals surface area contributed by atoms with Crippen LogP contribution in [0.1, 0.15) is 5.56 Å². The molecule has 0 radical (unpaired) electrons. The van der Waals surface area contributed by atoms with Gasteiger partial charge < -0.3 is 15.0 Å². The molecule has 0 aliphatic rings. The zero-order valence-electron chi connectivity index (χ0n) is 15.7. The second-order valence-electron chi connectivity index (χ2n) is 6.33. The summed E-state index contributed by atoms with van der Waals surface area (Å²) in [5.74, 6) is 0.403. The molecule has 0 heterocycles. The van der Waals surface area contributed by atoms with Crippen LogP contribution in [0.5, 0.6) is 5.75 Å². The Balaban J connectivity index is 1.80. The Morgan fingerprint density at radius 1 is 1.07 bits per heavy atom. The lowest BCUT2D eigenvalue weighted by molar-refractivity contribution is -0.131. The fourth-order valence-electron chi connectivity index (χ4n) is 2.51. The maximum atomic E-state index is 12.4. The second-order valence-corrected chi connectivity index (χ2v) is 6.77. The molecule has 0 aliphatic heterocycles. The number of carbonyl (C=O) groups excluding carboxylic acids is 2. The first kappa shape index (κ1) is 20.7. The third kappa shape index (κ3) is 6.92. The minimum Gasteiger partial charge on any atom is -0.497 e. The minimum atomic E-state index is -0.195. The largest absolute Gasteiger partial charge is 0.497 e. The highest BCUT2D eigenvalue weighted by atomic mass is 35.5. The van der Waals surface area contributed by atoms with Gasteiger partial charge in [-0.15, -0.1) is 0 Å². The van der Waals surface area contributed by atoms with Crippen molar-refractivity contribution >= 4 is 29.1 Å². The van der Waals surface area contributed by atoms with Crippen molar-refractivity contribution in [2.24, 2.45) is 0 Å². The van der Waals surface area contributed by atoms with Crippen molar-refractivity contribution in [3.8, 4) is 5.75 Å². The maximum Gasteiger partial charge on any atom is 0.238 e. The van der Waals surface area contributed by atoms with Gasteiger partial charge in [0.25, 0.3) is 0 Å². The van der Waals surface area contributed by atoms with E-state index >= 15 is 0 Å². The average Bonchev–Trinajstić information content (AvgIpc) is 2.63. The lowest BCUT2D eigenvalue weighted by Gasteiger charge is -2.21. The summed E-state index contributed by atoms with van der Waals surface area (Å²) < 4.78 is 5.13. The Bertz CT molecular complexity index is 780. The van der Waals surface area contributed by atoms with Gasteiger partial charge in [0.05, 0.1) is 20.2 Å². The summed E-state index contributed by atoms with van der Waals surface area (Å²) in [4.78, 5) is 27.8. The zero-order valence-corrected chi connectivity index (χ0v) is 16.5. The Morgan fingerprint density at radius 2 is 1.78 bits per heavy atom. The predicted molar refractivity (Wildman–Crippen MR) is 107 cm³/mol. The fourth-order valence-corrected chi connectivity index (χ4v) is 2.63. The fraction of sp³-hybridized carbons (Fsp3) is 0.300. The van der Waals surface area contributed by atoms with Crippen molar-refractivity contribution in [2.75, 3.05) is 39.6 Å². The Labute approximate surface area is 164 Å². The number of carbonyl (C=O) groups is 2. The van der Waals surface area contributed by atoms with Gasteiger partial charge in [-0.3, -0.25) is 14.5 Å². The van der Waals surface area contributed by atoms with Gasteiger partial charge in [0, 0.05) is 30.4 Å². The lowest BCUT2D eigenvalue weighted by Crippen LogP contribution is -2.39. The summed E-state index contributed by atoms with van der Waals surface area (Å²) >= 11 is 5.87. The molecule has 0 saturated carbocycles. The lowest BCUT2D eigenvalue weighted by atomic mass is 10.2. The molecular formula is C20H24ClN3O3. The molecule has 0 fully saturated rings. The molecule has 0 aromatic heterocycles. The van der Waals surface area contributed by atoms with Gasteiger partial charge in [0.2, 0.25) is 11.8 Å². The third-order valence-corrected chi connectivity index (χ3v) is 4.18. The molecule has 0 atom stereocenters. The first-order valence-electron chi connectivity index (χ1n) is 8.48. The minimum absolute atomic E-state index is 0.0679. The molecule has 7 heteroatoms. The topological polar surface area (TPSA) is 61.9 Å². The van der Waals surface area contributed by atoms with E-state index in [0.29, 0.717) is 23.0 Å².